The maximum absolute atomic E-state index is 12.5. The fourth-order valence-electron chi connectivity index (χ4n) is 4.26. The summed E-state index contributed by atoms with van der Waals surface area (Å²) in [5.74, 6) is -0.617. The summed E-state index contributed by atoms with van der Waals surface area (Å²) in [4.78, 5) is 39.9. The molecular formula is C23H34N4O4. The van der Waals surface area contributed by atoms with Gasteiger partial charge >= 0.3 is 6.09 Å². The van der Waals surface area contributed by atoms with E-state index in [2.05, 4.69) is 41.5 Å². The molecule has 3 atom stereocenters. The quantitative estimate of drug-likeness (QED) is 0.714. The van der Waals surface area contributed by atoms with E-state index in [0.29, 0.717) is 32.5 Å². The van der Waals surface area contributed by atoms with Gasteiger partial charge in [0.2, 0.25) is 11.8 Å². The fourth-order valence-corrected chi connectivity index (χ4v) is 4.26. The van der Waals surface area contributed by atoms with E-state index in [1.54, 1.807) is 4.90 Å². The fraction of sp³-hybridized carbons (Fsp3) is 0.609. The second-order valence-corrected chi connectivity index (χ2v) is 9.57. The molecule has 8 nitrogen and oxygen atoms in total. The molecule has 3 rings (SSSR count). The molecule has 2 aliphatic rings. The van der Waals surface area contributed by atoms with Gasteiger partial charge in [-0.3, -0.25) is 14.9 Å². The van der Waals surface area contributed by atoms with Gasteiger partial charge in [0.15, 0.2) is 0 Å². The summed E-state index contributed by atoms with van der Waals surface area (Å²) >= 11 is 0. The first-order chi connectivity index (χ1) is 14.5. The van der Waals surface area contributed by atoms with Gasteiger partial charge in [-0.1, -0.05) is 6.07 Å². The van der Waals surface area contributed by atoms with Crippen LogP contribution in [0.15, 0.2) is 24.3 Å². The Morgan fingerprint density at radius 1 is 1.19 bits per heavy atom. The van der Waals surface area contributed by atoms with Gasteiger partial charge in [0.05, 0.1) is 5.92 Å². The van der Waals surface area contributed by atoms with Gasteiger partial charge in [-0.2, -0.15) is 0 Å². The Morgan fingerprint density at radius 2 is 1.87 bits per heavy atom. The van der Waals surface area contributed by atoms with Crippen LogP contribution in [-0.2, 0) is 14.3 Å². The molecule has 170 valence electrons. The summed E-state index contributed by atoms with van der Waals surface area (Å²) in [5, 5.41) is 5.74. The van der Waals surface area contributed by atoms with Crippen molar-refractivity contribution in [3.8, 4) is 0 Å². The number of rotatable bonds is 4. The Morgan fingerprint density at radius 3 is 2.48 bits per heavy atom. The van der Waals surface area contributed by atoms with Crippen LogP contribution in [0.4, 0.5) is 16.2 Å². The molecule has 2 saturated heterocycles. The van der Waals surface area contributed by atoms with Crippen LogP contribution in [0.2, 0.25) is 0 Å². The molecule has 2 fully saturated rings. The molecule has 3 amide bonds. The third kappa shape index (κ3) is 5.89. The van der Waals surface area contributed by atoms with Crippen molar-refractivity contribution in [3.63, 3.8) is 0 Å². The molecule has 2 heterocycles. The molecule has 0 aromatic heterocycles. The molecule has 1 aromatic carbocycles. The molecule has 0 saturated carbocycles. The Bertz CT molecular complexity index is 823. The van der Waals surface area contributed by atoms with Gasteiger partial charge in [0.1, 0.15) is 5.60 Å². The Hall–Kier alpha value is -2.77. The molecule has 0 spiro atoms. The molecule has 1 unspecified atom stereocenters. The van der Waals surface area contributed by atoms with E-state index < -0.39 is 5.60 Å². The lowest BCUT2D eigenvalue weighted by Crippen LogP contribution is -2.58. The van der Waals surface area contributed by atoms with Gasteiger partial charge < -0.3 is 19.9 Å². The normalized spacial score (nSPS) is 24.6. The van der Waals surface area contributed by atoms with Crippen LogP contribution in [0.3, 0.4) is 0 Å². The number of amides is 3. The third-order valence-electron chi connectivity index (χ3n) is 5.62. The molecule has 2 aliphatic heterocycles. The number of hydrogen-bond acceptors (Lipinski definition) is 6. The molecule has 8 heteroatoms. The summed E-state index contributed by atoms with van der Waals surface area (Å²) in [6, 6.07) is 8.35. The number of hydrogen-bond donors (Lipinski definition) is 2. The summed E-state index contributed by atoms with van der Waals surface area (Å²) < 4.78 is 5.54. The van der Waals surface area contributed by atoms with E-state index in [-0.39, 0.29) is 35.9 Å². The van der Waals surface area contributed by atoms with Crippen LogP contribution < -0.4 is 15.5 Å². The van der Waals surface area contributed by atoms with Crippen LogP contribution in [0.25, 0.3) is 0 Å². The average Bonchev–Trinajstić information content (AvgIpc) is 2.66. The molecule has 0 bridgehead atoms. The van der Waals surface area contributed by atoms with Crippen molar-refractivity contribution in [1.29, 1.82) is 0 Å². The first-order valence-corrected chi connectivity index (χ1v) is 11.0. The van der Waals surface area contributed by atoms with Crippen molar-refractivity contribution < 1.29 is 19.1 Å². The highest BCUT2D eigenvalue weighted by Gasteiger charge is 2.34. The maximum atomic E-state index is 12.5. The van der Waals surface area contributed by atoms with E-state index in [0.717, 1.165) is 11.4 Å². The number of carbonyl (C=O) groups is 3. The lowest BCUT2D eigenvalue weighted by Gasteiger charge is -2.46. The van der Waals surface area contributed by atoms with Gasteiger partial charge in [0, 0.05) is 49.5 Å². The number of ether oxygens (including phenoxy) is 1. The lowest BCUT2D eigenvalue weighted by molar-refractivity contribution is -0.135. The van der Waals surface area contributed by atoms with E-state index >= 15 is 0 Å². The Labute approximate surface area is 184 Å². The molecule has 1 aromatic rings. The summed E-state index contributed by atoms with van der Waals surface area (Å²) in [5.41, 5.74) is 1.48. The number of benzene rings is 1. The predicted molar refractivity (Wildman–Crippen MR) is 120 cm³/mol. The van der Waals surface area contributed by atoms with Crippen LogP contribution >= 0.6 is 0 Å². The number of piperazine rings is 1. The summed E-state index contributed by atoms with van der Waals surface area (Å²) in [7, 11) is 0. The zero-order valence-corrected chi connectivity index (χ0v) is 19.1. The van der Waals surface area contributed by atoms with Crippen molar-refractivity contribution in [2.75, 3.05) is 29.9 Å². The molecule has 31 heavy (non-hydrogen) atoms. The first kappa shape index (κ1) is 22.9. The summed E-state index contributed by atoms with van der Waals surface area (Å²) in [6.07, 6.45) is 0.679. The number of piperidine rings is 1. The monoisotopic (exact) mass is 430 g/mol. The van der Waals surface area contributed by atoms with Gasteiger partial charge in [0.25, 0.3) is 0 Å². The minimum atomic E-state index is -0.511. The zero-order chi connectivity index (χ0) is 22.8. The van der Waals surface area contributed by atoms with Crippen molar-refractivity contribution in [3.05, 3.63) is 24.3 Å². The SMILES string of the molecule is C[C@@H]1CN(C(=O)OC(C)(C)C)C[C@H](C)N1c1cccc(NCC2CCC(=O)NC2=O)c1. The zero-order valence-electron chi connectivity index (χ0n) is 19.1. The van der Waals surface area contributed by atoms with Crippen LogP contribution in [0.5, 0.6) is 0 Å². The van der Waals surface area contributed by atoms with E-state index in [9.17, 15) is 14.4 Å². The van der Waals surface area contributed by atoms with Gasteiger partial charge in [-0.05, 0) is 59.2 Å². The Kier molecular flexibility index (Phi) is 6.77. The third-order valence-corrected chi connectivity index (χ3v) is 5.62. The van der Waals surface area contributed by atoms with E-state index in [1.165, 1.54) is 0 Å². The standard InChI is InChI=1S/C23H34N4O4/c1-15-13-26(22(30)31-23(3,4)5)14-16(2)27(15)19-8-6-7-18(11-19)24-12-17-9-10-20(28)25-21(17)29/h6-8,11,15-17,24H,9-10,12-14H2,1-5H3,(H,25,28,29)/t15-,16+,17?. The topological polar surface area (TPSA) is 91.0 Å². The number of carbonyl (C=O) groups excluding carboxylic acids is 3. The van der Waals surface area contributed by atoms with Crippen molar-refractivity contribution in [1.82, 2.24) is 10.2 Å². The highest BCUT2D eigenvalue weighted by Crippen LogP contribution is 2.28. The van der Waals surface area contributed by atoms with Crippen molar-refractivity contribution in [2.45, 2.75) is 65.1 Å². The van der Waals surface area contributed by atoms with Gasteiger partial charge in [-0.25, -0.2) is 4.79 Å². The van der Waals surface area contributed by atoms with Gasteiger partial charge in [-0.15, -0.1) is 0 Å². The van der Waals surface area contributed by atoms with Crippen molar-refractivity contribution >= 4 is 29.3 Å². The molecule has 0 radical (unpaired) electrons. The van der Waals surface area contributed by atoms with Crippen LogP contribution in [0.1, 0.15) is 47.5 Å². The lowest BCUT2D eigenvalue weighted by atomic mass is 9.98. The molecule has 0 aliphatic carbocycles. The van der Waals surface area contributed by atoms with E-state index in [4.69, 9.17) is 4.74 Å². The number of nitrogens with one attached hydrogen (secondary N) is 2. The van der Waals surface area contributed by atoms with Crippen molar-refractivity contribution in [2.24, 2.45) is 5.92 Å². The van der Waals surface area contributed by atoms with E-state index in [1.807, 2.05) is 32.9 Å². The van der Waals surface area contributed by atoms with Crippen LogP contribution in [-0.4, -0.2) is 60.1 Å². The highest BCUT2D eigenvalue weighted by atomic mass is 16.6. The highest BCUT2D eigenvalue weighted by molar-refractivity contribution is 5.98. The molecule has 2 N–H and O–H groups in total. The number of nitrogens with zero attached hydrogens (tertiary/aromatic N) is 2. The second kappa shape index (κ2) is 9.16. The first-order valence-electron chi connectivity index (χ1n) is 11.0. The Balaban J connectivity index is 1.63. The minimum Gasteiger partial charge on any atom is -0.444 e. The second-order valence-electron chi connectivity index (χ2n) is 9.57. The predicted octanol–water partition coefficient (Wildman–Crippen LogP) is 2.99. The average molecular weight is 431 g/mol. The largest absolute Gasteiger partial charge is 0.444 e. The minimum absolute atomic E-state index is 0.127. The maximum Gasteiger partial charge on any atom is 0.410 e. The molecular weight excluding hydrogens is 396 g/mol. The van der Waals surface area contributed by atoms with Crippen LogP contribution in [0, 0.1) is 5.92 Å². The smallest absolute Gasteiger partial charge is 0.410 e. The number of anilines is 2. The number of imide groups is 1. The summed E-state index contributed by atoms with van der Waals surface area (Å²) in [6.45, 7) is 11.5.